The van der Waals surface area contributed by atoms with Gasteiger partial charge in [0.05, 0.1) is 17.2 Å². The SMILES string of the molecule is CO[C@@]1(COC(=O)c2ccccc2)CC[C@@H](COC(=O)c2ccccc2)O1. The Bertz CT molecular complexity index is 761. The van der Waals surface area contributed by atoms with Crippen LogP contribution in [0.3, 0.4) is 0 Å². The second-order valence-electron chi connectivity index (χ2n) is 6.30. The highest BCUT2D eigenvalue weighted by molar-refractivity contribution is 5.89. The molecule has 142 valence electrons. The van der Waals surface area contributed by atoms with Gasteiger partial charge in [0.25, 0.3) is 0 Å². The summed E-state index contributed by atoms with van der Waals surface area (Å²) in [5, 5.41) is 0. The number of esters is 2. The molecule has 1 aliphatic rings. The normalized spacial score (nSPS) is 21.6. The zero-order chi connectivity index (χ0) is 19.1. The van der Waals surface area contributed by atoms with Crippen molar-refractivity contribution >= 4 is 11.9 Å². The molecular weight excluding hydrogens is 348 g/mol. The molecule has 0 unspecified atom stereocenters. The van der Waals surface area contributed by atoms with Crippen molar-refractivity contribution in [3.05, 3.63) is 71.8 Å². The number of hydrogen-bond donors (Lipinski definition) is 0. The smallest absolute Gasteiger partial charge is 0.338 e. The molecule has 1 heterocycles. The quantitative estimate of drug-likeness (QED) is 0.697. The van der Waals surface area contributed by atoms with E-state index in [1.54, 1.807) is 48.5 Å². The molecule has 2 aromatic carbocycles. The summed E-state index contributed by atoms with van der Waals surface area (Å²) < 4.78 is 22.0. The van der Waals surface area contributed by atoms with E-state index in [1.807, 2.05) is 12.1 Å². The van der Waals surface area contributed by atoms with E-state index in [0.717, 1.165) is 0 Å². The van der Waals surface area contributed by atoms with Gasteiger partial charge in [0.2, 0.25) is 5.79 Å². The van der Waals surface area contributed by atoms with Gasteiger partial charge in [-0.3, -0.25) is 0 Å². The number of carbonyl (C=O) groups excluding carboxylic acids is 2. The molecule has 0 aromatic heterocycles. The molecule has 0 saturated carbocycles. The Balaban J connectivity index is 1.49. The molecule has 2 atom stereocenters. The maximum Gasteiger partial charge on any atom is 0.338 e. The zero-order valence-corrected chi connectivity index (χ0v) is 15.1. The summed E-state index contributed by atoms with van der Waals surface area (Å²) in [7, 11) is 1.51. The predicted molar refractivity (Wildman–Crippen MR) is 97.3 cm³/mol. The molecule has 3 rings (SSSR count). The van der Waals surface area contributed by atoms with E-state index in [1.165, 1.54) is 7.11 Å². The van der Waals surface area contributed by atoms with Crippen LogP contribution >= 0.6 is 0 Å². The minimum Gasteiger partial charge on any atom is -0.459 e. The number of carbonyl (C=O) groups is 2. The summed E-state index contributed by atoms with van der Waals surface area (Å²) in [6.45, 7) is 0.0891. The largest absolute Gasteiger partial charge is 0.459 e. The molecule has 6 heteroatoms. The molecule has 0 bridgehead atoms. The van der Waals surface area contributed by atoms with E-state index in [0.29, 0.717) is 24.0 Å². The highest BCUT2D eigenvalue weighted by atomic mass is 16.7. The molecule has 1 saturated heterocycles. The van der Waals surface area contributed by atoms with E-state index in [2.05, 4.69) is 0 Å². The van der Waals surface area contributed by atoms with E-state index in [-0.39, 0.29) is 19.3 Å². The maximum atomic E-state index is 12.1. The van der Waals surface area contributed by atoms with Crippen molar-refractivity contribution < 1.29 is 28.5 Å². The van der Waals surface area contributed by atoms with Crippen LogP contribution in [0.5, 0.6) is 0 Å². The van der Waals surface area contributed by atoms with Gasteiger partial charge in [-0.2, -0.15) is 0 Å². The van der Waals surface area contributed by atoms with Crippen LogP contribution in [0, 0.1) is 0 Å². The number of benzene rings is 2. The van der Waals surface area contributed by atoms with Crippen molar-refractivity contribution in [2.45, 2.75) is 24.7 Å². The fourth-order valence-electron chi connectivity index (χ4n) is 2.89. The third kappa shape index (κ3) is 4.93. The summed E-state index contributed by atoms with van der Waals surface area (Å²) >= 11 is 0. The third-order valence-corrected chi connectivity index (χ3v) is 4.44. The number of methoxy groups -OCH3 is 1. The van der Waals surface area contributed by atoms with Crippen LogP contribution in [0.2, 0.25) is 0 Å². The van der Waals surface area contributed by atoms with Crippen molar-refractivity contribution in [1.82, 2.24) is 0 Å². The summed E-state index contributed by atoms with van der Waals surface area (Å²) in [6, 6.07) is 17.5. The first-order chi connectivity index (χ1) is 13.1. The Hall–Kier alpha value is -2.70. The van der Waals surface area contributed by atoms with E-state index >= 15 is 0 Å². The van der Waals surface area contributed by atoms with Gasteiger partial charge in [0, 0.05) is 13.5 Å². The Morgan fingerprint density at radius 3 is 2.07 bits per heavy atom. The van der Waals surface area contributed by atoms with Gasteiger partial charge >= 0.3 is 11.9 Å². The lowest BCUT2D eigenvalue weighted by Crippen LogP contribution is -2.38. The topological polar surface area (TPSA) is 71.1 Å². The maximum absolute atomic E-state index is 12.1. The molecule has 0 radical (unpaired) electrons. The van der Waals surface area contributed by atoms with Crippen molar-refractivity contribution in [3.63, 3.8) is 0 Å². The summed E-state index contributed by atoms with van der Waals surface area (Å²) in [4.78, 5) is 24.1. The molecule has 1 aliphatic heterocycles. The van der Waals surface area contributed by atoms with Crippen LogP contribution in [-0.4, -0.2) is 44.2 Å². The molecule has 27 heavy (non-hydrogen) atoms. The summed E-state index contributed by atoms with van der Waals surface area (Å²) in [6.07, 6.45) is 0.866. The van der Waals surface area contributed by atoms with Crippen LogP contribution in [0.25, 0.3) is 0 Å². The van der Waals surface area contributed by atoms with Crippen molar-refractivity contribution in [3.8, 4) is 0 Å². The lowest BCUT2D eigenvalue weighted by molar-refractivity contribution is -0.233. The Labute approximate surface area is 158 Å². The fourth-order valence-corrected chi connectivity index (χ4v) is 2.89. The molecule has 1 fully saturated rings. The van der Waals surface area contributed by atoms with Crippen LogP contribution in [-0.2, 0) is 18.9 Å². The van der Waals surface area contributed by atoms with Gasteiger partial charge in [-0.05, 0) is 30.7 Å². The molecule has 0 aliphatic carbocycles. The van der Waals surface area contributed by atoms with Crippen LogP contribution < -0.4 is 0 Å². The van der Waals surface area contributed by atoms with Gasteiger partial charge in [0.1, 0.15) is 13.2 Å². The summed E-state index contributed by atoms with van der Waals surface area (Å²) in [5.74, 6) is -1.85. The monoisotopic (exact) mass is 370 g/mol. The molecular formula is C21H22O6. The van der Waals surface area contributed by atoms with Gasteiger partial charge < -0.3 is 18.9 Å². The summed E-state index contributed by atoms with van der Waals surface area (Å²) in [5.41, 5.74) is 0.959. The lowest BCUT2D eigenvalue weighted by atomic mass is 10.1. The first kappa shape index (κ1) is 19.1. The van der Waals surface area contributed by atoms with Crippen LogP contribution in [0.4, 0.5) is 0 Å². The minimum absolute atomic E-state index is 0.0274. The molecule has 0 N–H and O–H groups in total. The van der Waals surface area contributed by atoms with Gasteiger partial charge in [-0.1, -0.05) is 36.4 Å². The lowest BCUT2D eigenvalue weighted by Gasteiger charge is -2.27. The van der Waals surface area contributed by atoms with Gasteiger partial charge in [0.15, 0.2) is 0 Å². The van der Waals surface area contributed by atoms with Crippen molar-refractivity contribution in [1.29, 1.82) is 0 Å². The van der Waals surface area contributed by atoms with Crippen LogP contribution in [0.1, 0.15) is 33.6 Å². The first-order valence-corrected chi connectivity index (χ1v) is 8.79. The first-order valence-electron chi connectivity index (χ1n) is 8.79. The number of rotatable bonds is 7. The van der Waals surface area contributed by atoms with Crippen molar-refractivity contribution in [2.24, 2.45) is 0 Å². The zero-order valence-electron chi connectivity index (χ0n) is 15.1. The Morgan fingerprint density at radius 1 is 0.963 bits per heavy atom. The number of hydrogen-bond acceptors (Lipinski definition) is 6. The second kappa shape index (κ2) is 8.79. The van der Waals surface area contributed by atoms with E-state index in [9.17, 15) is 9.59 Å². The van der Waals surface area contributed by atoms with Crippen LogP contribution in [0.15, 0.2) is 60.7 Å². The highest BCUT2D eigenvalue weighted by Crippen LogP contribution is 2.32. The minimum atomic E-state index is -1.02. The average molecular weight is 370 g/mol. The number of ether oxygens (including phenoxy) is 4. The molecule has 0 spiro atoms. The Morgan fingerprint density at radius 2 is 1.52 bits per heavy atom. The van der Waals surface area contributed by atoms with E-state index < -0.39 is 17.7 Å². The molecule has 6 nitrogen and oxygen atoms in total. The fraction of sp³-hybridized carbons (Fsp3) is 0.333. The van der Waals surface area contributed by atoms with Crippen molar-refractivity contribution in [2.75, 3.05) is 20.3 Å². The van der Waals surface area contributed by atoms with Gasteiger partial charge in [-0.15, -0.1) is 0 Å². The molecule has 0 amide bonds. The third-order valence-electron chi connectivity index (χ3n) is 4.44. The molecule has 2 aromatic rings. The standard InChI is InChI=1S/C21H22O6/c1-24-21(15-26-20(23)17-10-6-3-7-11-17)13-12-18(27-21)14-25-19(22)16-8-4-2-5-9-16/h2-11,18H,12-15H2,1H3/t18-,21-/m0/s1. The predicted octanol–water partition coefficient (Wildman–Crippen LogP) is 3.22. The van der Waals surface area contributed by atoms with Gasteiger partial charge in [-0.25, -0.2) is 9.59 Å². The highest BCUT2D eigenvalue weighted by Gasteiger charge is 2.42. The second-order valence-corrected chi connectivity index (χ2v) is 6.30. The Kier molecular flexibility index (Phi) is 6.21. The average Bonchev–Trinajstić information content (AvgIpc) is 3.15. The van der Waals surface area contributed by atoms with E-state index in [4.69, 9.17) is 18.9 Å².